The zero-order valence-electron chi connectivity index (χ0n) is 12.0. The molecule has 22 heavy (non-hydrogen) atoms. The number of hydrogen-bond acceptors (Lipinski definition) is 3. The Morgan fingerprint density at radius 1 is 1.14 bits per heavy atom. The summed E-state index contributed by atoms with van der Waals surface area (Å²) in [6.07, 6.45) is 0. The Bertz CT molecular complexity index is 716. The van der Waals surface area contributed by atoms with E-state index in [2.05, 4.69) is 10.6 Å². The first kappa shape index (κ1) is 15.5. The van der Waals surface area contributed by atoms with Gasteiger partial charge in [0.05, 0.1) is 11.4 Å². The molecule has 0 aromatic heterocycles. The van der Waals surface area contributed by atoms with Crippen molar-refractivity contribution in [3.63, 3.8) is 0 Å². The molecule has 0 aliphatic rings. The van der Waals surface area contributed by atoms with Crippen LogP contribution >= 0.6 is 0 Å². The van der Waals surface area contributed by atoms with Crippen LogP contribution in [0, 0.1) is 12.7 Å². The maximum Gasteiger partial charge on any atom is 0.313 e. The smallest absolute Gasteiger partial charge is 0.313 e. The van der Waals surface area contributed by atoms with Crippen molar-refractivity contribution in [1.29, 1.82) is 0 Å². The van der Waals surface area contributed by atoms with Crippen molar-refractivity contribution >= 4 is 23.2 Å². The second-order valence-electron chi connectivity index (χ2n) is 4.82. The standard InChI is InChI=1S/C16H16FN3O2/c1-10-6-7-14(13(18)8-10)20-16(22)15(21)19-9-11-4-2-3-5-12(11)17/h2-8H,9,18H2,1H3,(H,19,21)(H,20,22). The van der Waals surface area contributed by atoms with Crippen molar-refractivity contribution in [1.82, 2.24) is 5.32 Å². The first-order valence-corrected chi connectivity index (χ1v) is 6.66. The number of halogens is 1. The number of benzene rings is 2. The van der Waals surface area contributed by atoms with Gasteiger partial charge in [0.2, 0.25) is 0 Å². The first-order chi connectivity index (χ1) is 10.5. The second-order valence-corrected chi connectivity index (χ2v) is 4.82. The molecule has 5 nitrogen and oxygen atoms in total. The molecule has 4 N–H and O–H groups in total. The van der Waals surface area contributed by atoms with Gasteiger partial charge in [-0.15, -0.1) is 0 Å². The van der Waals surface area contributed by atoms with Gasteiger partial charge < -0.3 is 16.4 Å². The molecule has 2 aromatic rings. The predicted octanol–water partition coefficient (Wildman–Crippen LogP) is 1.97. The van der Waals surface area contributed by atoms with Gasteiger partial charge in [-0.25, -0.2) is 4.39 Å². The van der Waals surface area contributed by atoms with E-state index in [1.54, 1.807) is 30.3 Å². The Morgan fingerprint density at radius 2 is 1.86 bits per heavy atom. The van der Waals surface area contributed by atoms with Crippen LogP contribution in [0.3, 0.4) is 0 Å². The van der Waals surface area contributed by atoms with Crippen LogP contribution in [0.1, 0.15) is 11.1 Å². The van der Waals surface area contributed by atoms with Crippen LogP contribution in [0.4, 0.5) is 15.8 Å². The van der Waals surface area contributed by atoms with Crippen LogP contribution in [-0.2, 0) is 16.1 Å². The van der Waals surface area contributed by atoms with Crippen molar-refractivity contribution in [2.45, 2.75) is 13.5 Å². The third-order valence-electron chi connectivity index (χ3n) is 3.06. The topological polar surface area (TPSA) is 84.2 Å². The van der Waals surface area contributed by atoms with E-state index in [1.165, 1.54) is 12.1 Å². The highest BCUT2D eigenvalue weighted by Crippen LogP contribution is 2.19. The lowest BCUT2D eigenvalue weighted by Gasteiger charge is -2.09. The van der Waals surface area contributed by atoms with E-state index in [0.29, 0.717) is 16.9 Å². The van der Waals surface area contributed by atoms with Gasteiger partial charge in [0.25, 0.3) is 0 Å². The molecule has 0 radical (unpaired) electrons. The fourth-order valence-electron chi connectivity index (χ4n) is 1.87. The van der Waals surface area contributed by atoms with Gasteiger partial charge in [-0.2, -0.15) is 0 Å². The van der Waals surface area contributed by atoms with Crippen molar-refractivity contribution in [2.75, 3.05) is 11.1 Å². The van der Waals surface area contributed by atoms with Crippen molar-refractivity contribution < 1.29 is 14.0 Å². The van der Waals surface area contributed by atoms with Gasteiger partial charge >= 0.3 is 11.8 Å². The highest BCUT2D eigenvalue weighted by molar-refractivity contribution is 6.39. The number of nitrogens with two attached hydrogens (primary N) is 1. The van der Waals surface area contributed by atoms with Gasteiger partial charge in [-0.05, 0) is 30.7 Å². The van der Waals surface area contributed by atoms with Crippen LogP contribution < -0.4 is 16.4 Å². The van der Waals surface area contributed by atoms with Gasteiger partial charge in [-0.1, -0.05) is 24.3 Å². The lowest BCUT2D eigenvalue weighted by atomic mass is 10.2. The Kier molecular flexibility index (Phi) is 4.73. The summed E-state index contributed by atoms with van der Waals surface area (Å²) in [6, 6.07) is 11.1. The molecule has 0 saturated carbocycles. The number of aryl methyl sites for hydroxylation is 1. The summed E-state index contributed by atoms with van der Waals surface area (Å²) >= 11 is 0. The number of carbonyl (C=O) groups is 2. The average molecular weight is 301 g/mol. The average Bonchev–Trinajstić information content (AvgIpc) is 2.49. The molecule has 0 heterocycles. The number of nitrogen functional groups attached to an aromatic ring is 1. The maximum absolute atomic E-state index is 13.4. The molecule has 0 bridgehead atoms. The minimum atomic E-state index is -0.858. The van der Waals surface area contributed by atoms with Crippen LogP contribution in [0.2, 0.25) is 0 Å². The molecule has 0 aliphatic carbocycles. The fraction of sp³-hybridized carbons (Fsp3) is 0.125. The van der Waals surface area contributed by atoms with E-state index in [0.717, 1.165) is 5.56 Å². The Labute approximate surface area is 127 Å². The molecular weight excluding hydrogens is 285 g/mol. The summed E-state index contributed by atoms with van der Waals surface area (Å²) in [5.74, 6) is -2.15. The SMILES string of the molecule is Cc1ccc(NC(=O)C(=O)NCc2ccccc2F)c(N)c1. The van der Waals surface area contributed by atoms with E-state index in [-0.39, 0.29) is 6.54 Å². The van der Waals surface area contributed by atoms with Gasteiger partial charge in [-0.3, -0.25) is 9.59 Å². The molecule has 0 fully saturated rings. The van der Waals surface area contributed by atoms with Gasteiger partial charge in [0.1, 0.15) is 5.82 Å². The minimum Gasteiger partial charge on any atom is -0.397 e. The summed E-state index contributed by atoms with van der Waals surface area (Å²) in [5.41, 5.74) is 7.74. The van der Waals surface area contributed by atoms with Crippen LogP contribution in [0.5, 0.6) is 0 Å². The summed E-state index contributed by atoms with van der Waals surface area (Å²) in [6.45, 7) is 1.80. The summed E-state index contributed by atoms with van der Waals surface area (Å²) in [7, 11) is 0. The fourth-order valence-corrected chi connectivity index (χ4v) is 1.87. The third-order valence-corrected chi connectivity index (χ3v) is 3.06. The zero-order chi connectivity index (χ0) is 16.1. The summed E-state index contributed by atoms with van der Waals surface area (Å²) in [4.78, 5) is 23.5. The third kappa shape index (κ3) is 3.82. The highest BCUT2D eigenvalue weighted by atomic mass is 19.1. The predicted molar refractivity (Wildman–Crippen MR) is 82.5 cm³/mol. The lowest BCUT2D eigenvalue weighted by molar-refractivity contribution is -0.136. The number of carbonyl (C=O) groups excluding carboxylic acids is 2. The number of nitrogens with one attached hydrogen (secondary N) is 2. The van der Waals surface area contributed by atoms with Crippen molar-refractivity contribution in [3.05, 3.63) is 59.4 Å². The van der Waals surface area contributed by atoms with Gasteiger partial charge in [0.15, 0.2) is 0 Å². The largest absolute Gasteiger partial charge is 0.397 e. The normalized spacial score (nSPS) is 10.1. The molecule has 0 unspecified atom stereocenters. The second kappa shape index (κ2) is 6.71. The van der Waals surface area contributed by atoms with E-state index in [4.69, 9.17) is 5.73 Å². The van der Waals surface area contributed by atoms with Crippen LogP contribution in [-0.4, -0.2) is 11.8 Å². The van der Waals surface area contributed by atoms with Crippen molar-refractivity contribution in [3.8, 4) is 0 Å². The molecule has 0 atom stereocenters. The molecule has 2 rings (SSSR count). The number of hydrogen-bond donors (Lipinski definition) is 3. The first-order valence-electron chi connectivity index (χ1n) is 6.66. The molecule has 0 aliphatic heterocycles. The monoisotopic (exact) mass is 301 g/mol. The summed E-state index contributed by atoms with van der Waals surface area (Å²) in [5, 5.41) is 4.78. The Balaban J connectivity index is 1.95. The zero-order valence-corrected chi connectivity index (χ0v) is 12.0. The lowest BCUT2D eigenvalue weighted by Crippen LogP contribution is -2.35. The molecule has 0 spiro atoms. The molecule has 114 valence electrons. The van der Waals surface area contributed by atoms with E-state index < -0.39 is 17.6 Å². The Hall–Kier alpha value is -2.89. The number of amides is 2. The summed E-state index contributed by atoms with van der Waals surface area (Å²) < 4.78 is 13.4. The molecule has 2 aromatic carbocycles. The maximum atomic E-state index is 13.4. The van der Waals surface area contributed by atoms with E-state index in [1.807, 2.05) is 6.92 Å². The highest BCUT2D eigenvalue weighted by Gasteiger charge is 2.15. The Morgan fingerprint density at radius 3 is 2.55 bits per heavy atom. The number of rotatable bonds is 3. The van der Waals surface area contributed by atoms with Crippen molar-refractivity contribution in [2.24, 2.45) is 0 Å². The molecule has 0 saturated heterocycles. The van der Waals surface area contributed by atoms with Crippen LogP contribution in [0.15, 0.2) is 42.5 Å². The van der Waals surface area contributed by atoms with E-state index in [9.17, 15) is 14.0 Å². The molecular formula is C16H16FN3O2. The number of anilines is 2. The van der Waals surface area contributed by atoms with Gasteiger partial charge in [0, 0.05) is 12.1 Å². The van der Waals surface area contributed by atoms with E-state index >= 15 is 0 Å². The van der Waals surface area contributed by atoms with Crippen LogP contribution in [0.25, 0.3) is 0 Å². The molecule has 6 heteroatoms. The quantitative estimate of drug-likeness (QED) is 0.598. The minimum absolute atomic E-state index is 0.0672. The molecule has 2 amide bonds.